The van der Waals surface area contributed by atoms with E-state index >= 15 is 0 Å². The van der Waals surface area contributed by atoms with Crippen molar-refractivity contribution in [1.29, 1.82) is 0 Å². The van der Waals surface area contributed by atoms with Crippen LogP contribution < -0.4 is 5.56 Å². The zero-order valence-corrected chi connectivity index (χ0v) is 16.2. The summed E-state index contributed by atoms with van der Waals surface area (Å²) < 4.78 is 9.08. The van der Waals surface area contributed by atoms with Gasteiger partial charge in [-0.1, -0.05) is 29.8 Å². The van der Waals surface area contributed by atoms with Gasteiger partial charge in [0.05, 0.1) is 12.0 Å². The molecule has 0 unspecified atom stereocenters. The van der Waals surface area contributed by atoms with Crippen molar-refractivity contribution in [3.63, 3.8) is 0 Å². The quantitative estimate of drug-likeness (QED) is 0.439. The first-order chi connectivity index (χ1) is 14.1. The van der Waals surface area contributed by atoms with E-state index in [0.717, 1.165) is 11.0 Å². The van der Waals surface area contributed by atoms with Crippen molar-refractivity contribution in [1.82, 2.24) is 19.1 Å². The standard InChI is InChI=1S/C22H15ClN4O2/c1-26-13-24-20-21(26)25-19(27(22(20)28)16-8-6-15(23)7-9-16)11-10-17-12-14-4-2-3-5-18(14)29-17/h2-13H,1H3. The van der Waals surface area contributed by atoms with E-state index in [1.807, 2.05) is 30.3 Å². The van der Waals surface area contributed by atoms with Crippen LogP contribution in [0.3, 0.4) is 0 Å². The van der Waals surface area contributed by atoms with Crippen LogP contribution in [0.1, 0.15) is 11.6 Å². The minimum Gasteiger partial charge on any atom is -0.457 e. The number of para-hydroxylation sites is 1. The van der Waals surface area contributed by atoms with Crippen molar-refractivity contribution >= 4 is 45.9 Å². The zero-order valence-electron chi connectivity index (χ0n) is 15.4. The molecule has 3 aromatic heterocycles. The van der Waals surface area contributed by atoms with Gasteiger partial charge in [0.25, 0.3) is 5.56 Å². The number of hydrogen-bond donors (Lipinski definition) is 0. The van der Waals surface area contributed by atoms with Gasteiger partial charge in [-0.15, -0.1) is 0 Å². The maximum Gasteiger partial charge on any atom is 0.286 e. The third-order valence-corrected chi connectivity index (χ3v) is 4.94. The van der Waals surface area contributed by atoms with Gasteiger partial charge in [-0.25, -0.2) is 9.97 Å². The average molecular weight is 403 g/mol. The third kappa shape index (κ3) is 3.03. The lowest BCUT2D eigenvalue weighted by Crippen LogP contribution is -2.22. The fraction of sp³-hybridized carbons (Fsp3) is 0.0455. The van der Waals surface area contributed by atoms with Crippen LogP contribution in [-0.2, 0) is 7.05 Å². The highest BCUT2D eigenvalue weighted by Gasteiger charge is 2.14. The molecule has 29 heavy (non-hydrogen) atoms. The summed E-state index contributed by atoms with van der Waals surface area (Å²) in [5, 5.41) is 1.60. The first-order valence-electron chi connectivity index (χ1n) is 8.97. The molecule has 0 amide bonds. The number of nitrogens with zero attached hydrogens (tertiary/aromatic N) is 4. The summed E-state index contributed by atoms with van der Waals surface area (Å²) in [5.74, 6) is 1.14. The molecule has 3 heterocycles. The molecule has 0 aliphatic carbocycles. The van der Waals surface area contributed by atoms with Gasteiger partial charge in [0, 0.05) is 17.5 Å². The second-order valence-electron chi connectivity index (χ2n) is 6.63. The number of rotatable bonds is 3. The summed E-state index contributed by atoms with van der Waals surface area (Å²) >= 11 is 6.01. The van der Waals surface area contributed by atoms with Crippen LogP contribution in [-0.4, -0.2) is 19.1 Å². The van der Waals surface area contributed by atoms with Crippen LogP contribution in [0.25, 0.3) is 40.0 Å². The van der Waals surface area contributed by atoms with Gasteiger partial charge in [0.1, 0.15) is 17.2 Å². The van der Waals surface area contributed by atoms with Crippen LogP contribution in [0.4, 0.5) is 0 Å². The lowest BCUT2D eigenvalue weighted by molar-refractivity contribution is 0.604. The Morgan fingerprint density at radius 2 is 1.86 bits per heavy atom. The molecule has 142 valence electrons. The first-order valence-corrected chi connectivity index (χ1v) is 9.34. The van der Waals surface area contributed by atoms with Crippen molar-refractivity contribution < 1.29 is 4.42 Å². The molecule has 0 saturated heterocycles. The van der Waals surface area contributed by atoms with Crippen molar-refractivity contribution in [3.8, 4) is 5.69 Å². The van der Waals surface area contributed by atoms with E-state index in [4.69, 9.17) is 16.0 Å². The Bertz CT molecular complexity index is 1410. The Hall–Kier alpha value is -3.64. The molecule has 5 aromatic rings. The Morgan fingerprint density at radius 1 is 1.07 bits per heavy atom. The second kappa shape index (κ2) is 6.76. The van der Waals surface area contributed by atoms with Crippen LogP contribution in [0.15, 0.2) is 70.1 Å². The fourth-order valence-corrected chi connectivity index (χ4v) is 3.39. The number of hydrogen-bond acceptors (Lipinski definition) is 4. The van der Waals surface area contributed by atoms with Crippen LogP contribution in [0.2, 0.25) is 5.02 Å². The Kier molecular flexibility index (Phi) is 4.07. The molecular formula is C22H15ClN4O2. The number of aryl methyl sites for hydroxylation is 1. The van der Waals surface area contributed by atoms with E-state index in [-0.39, 0.29) is 5.56 Å². The highest BCUT2D eigenvalue weighted by Crippen LogP contribution is 2.21. The van der Waals surface area contributed by atoms with E-state index in [2.05, 4.69) is 9.97 Å². The molecule has 0 atom stereocenters. The van der Waals surface area contributed by atoms with Gasteiger partial charge in [-0.2, -0.15) is 0 Å². The van der Waals surface area contributed by atoms with Crippen LogP contribution >= 0.6 is 11.6 Å². The molecule has 0 saturated carbocycles. The summed E-state index contributed by atoms with van der Waals surface area (Å²) in [4.78, 5) is 22.0. The average Bonchev–Trinajstić information content (AvgIpc) is 3.31. The van der Waals surface area contributed by atoms with E-state index in [1.54, 1.807) is 54.4 Å². The Morgan fingerprint density at radius 3 is 2.66 bits per heavy atom. The molecule has 6 nitrogen and oxygen atoms in total. The molecule has 0 bridgehead atoms. The molecular weight excluding hydrogens is 388 g/mol. The molecule has 0 N–H and O–H groups in total. The minimum absolute atomic E-state index is 0.248. The van der Waals surface area contributed by atoms with Gasteiger partial charge < -0.3 is 8.98 Å². The molecule has 0 fully saturated rings. The molecule has 7 heteroatoms. The smallest absolute Gasteiger partial charge is 0.286 e. The maximum atomic E-state index is 13.2. The van der Waals surface area contributed by atoms with Crippen LogP contribution in [0, 0.1) is 0 Å². The lowest BCUT2D eigenvalue weighted by atomic mass is 10.2. The van der Waals surface area contributed by atoms with E-state index < -0.39 is 0 Å². The first kappa shape index (κ1) is 17.5. The van der Waals surface area contributed by atoms with E-state index in [1.165, 1.54) is 4.57 Å². The summed E-state index contributed by atoms with van der Waals surface area (Å²) in [6.45, 7) is 0. The number of aromatic nitrogens is 4. The van der Waals surface area contributed by atoms with Gasteiger partial charge in [-0.05, 0) is 48.6 Å². The van der Waals surface area contributed by atoms with Crippen LogP contribution in [0.5, 0.6) is 0 Å². The fourth-order valence-electron chi connectivity index (χ4n) is 3.27. The molecule has 0 aliphatic heterocycles. The predicted molar refractivity (Wildman–Crippen MR) is 114 cm³/mol. The minimum atomic E-state index is -0.248. The number of furan rings is 1. The van der Waals surface area contributed by atoms with Crippen molar-refractivity contribution in [2.24, 2.45) is 7.05 Å². The summed E-state index contributed by atoms with van der Waals surface area (Å²) in [7, 11) is 1.81. The Balaban J connectivity index is 1.70. The molecule has 0 radical (unpaired) electrons. The highest BCUT2D eigenvalue weighted by atomic mass is 35.5. The summed E-state index contributed by atoms with van der Waals surface area (Å²) in [6.07, 6.45) is 5.15. The van der Waals surface area contributed by atoms with Gasteiger partial charge >= 0.3 is 0 Å². The summed E-state index contributed by atoms with van der Waals surface area (Å²) in [6, 6.07) is 16.8. The molecule has 2 aromatic carbocycles. The maximum absolute atomic E-state index is 13.2. The van der Waals surface area contributed by atoms with Crippen molar-refractivity contribution in [2.45, 2.75) is 0 Å². The number of halogens is 1. The topological polar surface area (TPSA) is 65.8 Å². The Labute approximate surface area is 170 Å². The largest absolute Gasteiger partial charge is 0.457 e. The van der Waals surface area contributed by atoms with Gasteiger partial charge in [-0.3, -0.25) is 9.36 Å². The highest BCUT2D eigenvalue weighted by molar-refractivity contribution is 6.30. The predicted octanol–water partition coefficient (Wildman–Crippen LogP) is 4.69. The van der Waals surface area contributed by atoms with Gasteiger partial charge in [0.15, 0.2) is 11.2 Å². The normalized spacial score (nSPS) is 11.8. The van der Waals surface area contributed by atoms with E-state index in [0.29, 0.717) is 33.5 Å². The zero-order chi connectivity index (χ0) is 20.0. The van der Waals surface area contributed by atoms with Gasteiger partial charge in [0.2, 0.25) is 0 Å². The van der Waals surface area contributed by atoms with Crippen molar-refractivity contribution in [2.75, 3.05) is 0 Å². The van der Waals surface area contributed by atoms with Crippen molar-refractivity contribution in [3.05, 3.63) is 87.9 Å². The lowest BCUT2D eigenvalue weighted by Gasteiger charge is -2.10. The second-order valence-corrected chi connectivity index (χ2v) is 7.07. The van der Waals surface area contributed by atoms with E-state index in [9.17, 15) is 4.79 Å². The SMILES string of the molecule is Cn1cnc2c(=O)n(-c3ccc(Cl)cc3)c(C=Cc3cc4ccccc4o3)nc21. The number of fused-ring (bicyclic) bond motifs is 2. The number of imidazole rings is 1. The summed E-state index contributed by atoms with van der Waals surface area (Å²) in [5.41, 5.74) is 2.04. The molecule has 0 spiro atoms. The number of benzene rings is 2. The molecule has 0 aliphatic rings. The third-order valence-electron chi connectivity index (χ3n) is 4.69. The monoisotopic (exact) mass is 402 g/mol. The molecule has 5 rings (SSSR count).